The molecule has 0 saturated heterocycles. The normalized spacial score (nSPS) is 13.7. The number of rotatable bonds is 19. The summed E-state index contributed by atoms with van der Waals surface area (Å²) in [6.45, 7) is 3.49. The number of fused-ring (bicyclic) bond motifs is 1. The molecule has 9 N–H and O–H groups in total. The Bertz CT molecular complexity index is 1880. The van der Waals surface area contributed by atoms with Gasteiger partial charge in [0.15, 0.2) is 0 Å². The summed E-state index contributed by atoms with van der Waals surface area (Å²) in [5, 5.41) is 7.50. The van der Waals surface area contributed by atoms with Gasteiger partial charge in [0.25, 0.3) is 0 Å². The van der Waals surface area contributed by atoms with Crippen LogP contribution in [0.2, 0.25) is 0 Å². The summed E-state index contributed by atoms with van der Waals surface area (Å²) in [5.41, 5.74) is 18.3. The van der Waals surface area contributed by atoms with Crippen LogP contribution in [0.1, 0.15) is 49.9 Å². The topological polar surface area (TPSA) is 223 Å². The third-order valence-corrected chi connectivity index (χ3v) is 9.51. The van der Waals surface area contributed by atoms with E-state index in [-0.39, 0.29) is 19.3 Å². The number of H-pyrrole nitrogens is 1. The number of aromatic nitrogens is 2. The molecule has 14 nitrogen and oxygen atoms in total. The van der Waals surface area contributed by atoms with Crippen LogP contribution in [0.3, 0.4) is 0 Å². The van der Waals surface area contributed by atoms with Crippen molar-refractivity contribution in [2.75, 3.05) is 20.6 Å². The molecule has 0 unspecified atom stereocenters. The fraction of sp³-hybridized carbons (Fsp3) is 0.400. The molecule has 0 radical (unpaired) electrons. The number of likely N-dealkylation sites (N-methyl/N-ethyl adjacent to an activating group) is 2. The van der Waals surface area contributed by atoms with E-state index in [0.29, 0.717) is 31.5 Å². The highest BCUT2D eigenvalue weighted by molar-refractivity contribution is 5.96. The monoisotopic (exact) mass is 739 g/mol. The van der Waals surface area contributed by atoms with Gasteiger partial charge in [-0.05, 0) is 61.6 Å². The van der Waals surface area contributed by atoms with E-state index in [1.807, 2.05) is 72.8 Å². The zero-order valence-corrected chi connectivity index (χ0v) is 31.5. The molecule has 4 rings (SSSR count). The third-order valence-electron chi connectivity index (χ3n) is 9.51. The van der Waals surface area contributed by atoms with E-state index >= 15 is 0 Å². The Hall–Kier alpha value is -5.60. The summed E-state index contributed by atoms with van der Waals surface area (Å²) in [7, 11) is 3.02. The Kier molecular flexibility index (Phi) is 14.4. The minimum Gasteiger partial charge on any atom is -0.368 e. The van der Waals surface area contributed by atoms with Crippen molar-refractivity contribution in [3.8, 4) is 0 Å². The number of carbonyl (C=O) groups excluding carboxylic acids is 5. The van der Waals surface area contributed by atoms with Crippen LogP contribution in [0.4, 0.5) is 0 Å². The van der Waals surface area contributed by atoms with Crippen LogP contribution in [0, 0.1) is 0 Å². The molecule has 288 valence electrons. The maximum absolute atomic E-state index is 14.9. The quantitative estimate of drug-likeness (QED) is 0.0773. The highest BCUT2D eigenvalue weighted by atomic mass is 16.2. The number of carbonyl (C=O) groups is 5. The Balaban J connectivity index is 1.73. The maximum atomic E-state index is 14.9. The van der Waals surface area contributed by atoms with Gasteiger partial charge in [-0.15, -0.1) is 0 Å². The predicted octanol–water partition coefficient (Wildman–Crippen LogP) is 1.57. The second kappa shape index (κ2) is 18.9. The number of hydrogen-bond donors (Lipinski definition) is 6. The summed E-state index contributed by atoms with van der Waals surface area (Å²) in [4.78, 5) is 78.6. The van der Waals surface area contributed by atoms with Crippen LogP contribution in [0.25, 0.3) is 10.8 Å². The zero-order chi connectivity index (χ0) is 39.4. The van der Waals surface area contributed by atoms with E-state index in [0.717, 1.165) is 21.9 Å². The van der Waals surface area contributed by atoms with Crippen molar-refractivity contribution < 1.29 is 24.0 Å². The fourth-order valence-electron chi connectivity index (χ4n) is 6.22. The van der Waals surface area contributed by atoms with Gasteiger partial charge < -0.3 is 42.6 Å². The molecule has 0 aliphatic rings. The molecule has 5 amide bonds. The van der Waals surface area contributed by atoms with Crippen molar-refractivity contribution in [1.82, 2.24) is 30.4 Å². The largest absolute Gasteiger partial charge is 0.368 e. The molecular formula is C40H53N9O5. The molecule has 0 aliphatic carbocycles. The van der Waals surface area contributed by atoms with Crippen LogP contribution in [-0.2, 0) is 43.2 Å². The molecule has 0 aliphatic heterocycles. The number of nitrogens with two attached hydrogens (primary N) is 3. The van der Waals surface area contributed by atoms with Crippen molar-refractivity contribution >= 4 is 40.3 Å². The van der Waals surface area contributed by atoms with Crippen molar-refractivity contribution in [2.45, 2.75) is 82.1 Å². The lowest BCUT2D eigenvalue weighted by atomic mass is 9.97. The van der Waals surface area contributed by atoms with E-state index in [4.69, 9.17) is 17.2 Å². The van der Waals surface area contributed by atoms with Crippen molar-refractivity contribution in [1.29, 1.82) is 0 Å². The van der Waals surface area contributed by atoms with Gasteiger partial charge in [0, 0.05) is 45.2 Å². The van der Waals surface area contributed by atoms with Gasteiger partial charge >= 0.3 is 0 Å². The van der Waals surface area contributed by atoms with E-state index in [1.54, 1.807) is 6.20 Å². The van der Waals surface area contributed by atoms with Gasteiger partial charge in [0.2, 0.25) is 29.5 Å². The van der Waals surface area contributed by atoms with Crippen LogP contribution < -0.4 is 27.8 Å². The summed E-state index contributed by atoms with van der Waals surface area (Å²) in [5.74, 6) is -2.90. The molecule has 4 atom stereocenters. The molecule has 0 spiro atoms. The molecule has 0 saturated carbocycles. The van der Waals surface area contributed by atoms with Crippen LogP contribution in [0.15, 0.2) is 85.3 Å². The molecular weight excluding hydrogens is 686 g/mol. The number of imidazole rings is 1. The van der Waals surface area contributed by atoms with Gasteiger partial charge in [-0.25, -0.2) is 4.98 Å². The van der Waals surface area contributed by atoms with Gasteiger partial charge in [0.05, 0.1) is 11.9 Å². The Labute approximate surface area is 316 Å². The molecule has 3 aromatic carbocycles. The Morgan fingerprint density at radius 1 is 0.778 bits per heavy atom. The molecule has 4 aromatic rings. The smallest absolute Gasteiger partial charge is 0.246 e. The molecule has 1 aromatic heterocycles. The highest BCUT2D eigenvalue weighted by Gasteiger charge is 2.39. The minimum atomic E-state index is -1.29. The average molecular weight is 740 g/mol. The third kappa shape index (κ3) is 11.2. The first kappa shape index (κ1) is 41.2. The number of benzene rings is 3. The Morgan fingerprint density at radius 3 is 2.06 bits per heavy atom. The summed E-state index contributed by atoms with van der Waals surface area (Å²) in [6, 6.07) is 18.5. The number of primary amides is 1. The van der Waals surface area contributed by atoms with Crippen molar-refractivity contribution in [3.63, 3.8) is 0 Å². The number of hydrogen-bond acceptors (Lipinski definition) is 8. The van der Waals surface area contributed by atoms with Crippen molar-refractivity contribution in [3.05, 3.63) is 102 Å². The van der Waals surface area contributed by atoms with Gasteiger partial charge in [-0.2, -0.15) is 0 Å². The second-order valence-corrected chi connectivity index (χ2v) is 14.3. The van der Waals surface area contributed by atoms with E-state index in [2.05, 4.69) is 20.6 Å². The second-order valence-electron chi connectivity index (χ2n) is 14.3. The average Bonchev–Trinajstić information content (AvgIpc) is 3.67. The predicted molar refractivity (Wildman–Crippen MR) is 207 cm³/mol. The van der Waals surface area contributed by atoms with Crippen LogP contribution in [0.5, 0.6) is 0 Å². The van der Waals surface area contributed by atoms with Gasteiger partial charge in [0.1, 0.15) is 24.2 Å². The maximum Gasteiger partial charge on any atom is 0.246 e. The standard InChI is InChI=1S/C40H53N9O5/c1-40(2,43)39(54)47-32(23-30-24-44-25-45-30)37(52)49(4)34(22-27-17-18-28-14-8-9-15-29(28)20-27)38(53)48(3)33(21-26-12-6-5-7-13-26)36(51)46-31(35(42)50)16-10-11-19-41/h5-9,12-15,17-18,20,24-25,31-34H,10-11,16,19,21-23,41,43H2,1-4H3,(H2,42,50)(H,44,45)(H,46,51)(H,47,54)/t31-,32-,33+,34+/m0/s1. The van der Waals surface area contributed by atoms with Gasteiger partial charge in [-0.1, -0.05) is 72.8 Å². The van der Waals surface area contributed by atoms with Crippen LogP contribution in [-0.4, -0.2) is 99.7 Å². The number of nitrogens with one attached hydrogen (secondary N) is 3. The first-order valence-electron chi connectivity index (χ1n) is 18.1. The zero-order valence-electron chi connectivity index (χ0n) is 31.5. The first-order chi connectivity index (χ1) is 25.7. The first-order valence-corrected chi connectivity index (χ1v) is 18.1. The number of amides is 5. The van der Waals surface area contributed by atoms with E-state index < -0.39 is 59.2 Å². The number of nitrogens with zero attached hydrogens (tertiary/aromatic N) is 3. The molecule has 0 fully saturated rings. The molecule has 14 heteroatoms. The number of unbranched alkanes of at least 4 members (excludes halogenated alkanes) is 1. The lowest BCUT2D eigenvalue weighted by Gasteiger charge is -2.36. The van der Waals surface area contributed by atoms with E-state index in [1.165, 1.54) is 44.1 Å². The number of aromatic amines is 1. The Morgan fingerprint density at radius 2 is 1.43 bits per heavy atom. The SMILES string of the molecule is CN(C(=O)[C@H](Cc1cnc[nH]1)NC(=O)C(C)(C)N)[C@H](Cc1ccc2ccccc2c1)C(=O)N(C)[C@H](Cc1ccccc1)C(=O)N[C@@H](CCCCN)C(N)=O. The highest BCUT2D eigenvalue weighted by Crippen LogP contribution is 2.21. The minimum absolute atomic E-state index is 0.0510. The van der Waals surface area contributed by atoms with Crippen LogP contribution >= 0.6 is 0 Å². The molecule has 0 bridgehead atoms. The summed E-state index contributed by atoms with van der Waals surface area (Å²) < 4.78 is 0. The molecule has 1 heterocycles. The van der Waals surface area contributed by atoms with Crippen molar-refractivity contribution in [2.24, 2.45) is 17.2 Å². The molecule has 54 heavy (non-hydrogen) atoms. The van der Waals surface area contributed by atoms with Gasteiger partial charge in [-0.3, -0.25) is 24.0 Å². The lowest BCUT2D eigenvalue weighted by Crippen LogP contribution is -2.61. The summed E-state index contributed by atoms with van der Waals surface area (Å²) >= 11 is 0. The summed E-state index contributed by atoms with van der Waals surface area (Å²) in [6.07, 6.45) is 4.78. The lowest BCUT2D eigenvalue weighted by molar-refractivity contribution is -0.149. The van der Waals surface area contributed by atoms with E-state index in [9.17, 15) is 24.0 Å². The fourth-order valence-corrected chi connectivity index (χ4v) is 6.22.